The van der Waals surface area contributed by atoms with E-state index in [0.717, 1.165) is 5.69 Å². The smallest absolute Gasteiger partial charge is 0.237 e. The van der Waals surface area contributed by atoms with Crippen molar-refractivity contribution >= 4 is 58.2 Å². The maximum absolute atomic E-state index is 12.5. The molecule has 0 aliphatic carbocycles. The Bertz CT molecular complexity index is 932. The number of carbonyl (C=O) groups excluding carboxylic acids is 1. The van der Waals surface area contributed by atoms with E-state index >= 15 is 0 Å². The van der Waals surface area contributed by atoms with Crippen LogP contribution in [0.4, 0.5) is 5.69 Å². The second kappa shape index (κ2) is 8.26. The summed E-state index contributed by atoms with van der Waals surface area (Å²) in [4.78, 5) is 12.5. The molecule has 0 saturated carbocycles. The molecule has 134 valence electrons. The van der Waals surface area contributed by atoms with Crippen molar-refractivity contribution in [2.45, 2.75) is 17.3 Å². The number of amides is 1. The molecule has 26 heavy (non-hydrogen) atoms. The third-order valence-corrected chi connectivity index (χ3v) is 5.20. The minimum Gasteiger partial charge on any atom is -0.324 e. The van der Waals surface area contributed by atoms with Crippen LogP contribution >= 0.6 is 46.6 Å². The zero-order chi connectivity index (χ0) is 18.7. The summed E-state index contributed by atoms with van der Waals surface area (Å²) in [7, 11) is 0. The highest BCUT2D eigenvalue weighted by Crippen LogP contribution is 2.28. The van der Waals surface area contributed by atoms with Gasteiger partial charge >= 0.3 is 0 Å². The van der Waals surface area contributed by atoms with E-state index in [-0.39, 0.29) is 5.91 Å². The van der Waals surface area contributed by atoms with E-state index in [2.05, 4.69) is 20.8 Å². The number of halogens is 3. The second-order valence-electron chi connectivity index (χ2n) is 5.22. The van der Waals surface area contributed by atoms with E-state index in [1.54, 1.807) is 49.4 Å². The maximum Gasteiger partial charge on any atom is 0.237 e. The average molecular weight is 429 g/mol. The largest absolute Gasteiger partial charge is 0.324 e. The average Bonchev–Trinajstić information content (AvgIpc) is 3.07. The van der Waals surface area contributed by atoms with E-state index in [9.17, 15) is 4.79 Å². The first-order valence-electron chi connectivity index (χ1n) is 7.41. The van der Waals surface area contributed by atoms with Crippen LogP contribution in [-0.4, -0.2) is 31.4 Å². The molecule has 1 aromatic heterocycles. The molecule has 1 unspecified atom stereocenters. The van der Waals surface area contributed by atoms with Crippen molar-refractivity contribution in [3.63, 3.8) is 0 Å². The molecule has 0 spiro atoms. The van der Waals surface area contributed by atoms with Gasteiger partial charge in [0, 0.05) is 10.0 Å². The normalized spacial score (nSPS) is 12.0. The minimum atomic E-state index is -0.470. The number of nitrogens with zero attached hydrogens (tertiary/aromatic N) is 4. The Hall–Kier alpha value is -1.80. The lowest BCUT2D eigenvalue weighted by Gasteiger charge is -2.13. The lowest BCUT2D eigenvalue weighted by atomic mass is 10.3. The standard InChI is InChI=1S/C16H12Cl3N5OS/c1-9(15(25)20-14-8-11(18)4-7-13(14)19)26-16-21-22-23-24(16)12-5-2-10(17)3-6-12/h2-9H,1H3,(H,20,25). The Morgan fingerprint density at radius 2 is 1.81 bits per heavy atom. The zero-order valence-electron chi connectivity index (χ0n) is 13.4. The highest BCUT2D eigenvalue weighted by atomic mass is 35.5. The summed E-state index contributed by atoms with van der Waals surface area (Å²) in [6.07, 6.45) is 0. The fourth-order valence-corrected chi connectivity index (χ4v) is 3.31. The Morgan fingerprint density at radius 3 is 2.54 bits per heavy atom. The molecule has 3 rings (SSSR count). The second-order valence-corrected chi connectivity index (χ2v) is 7.81. The van der Waals surface area contributed by atoms with Crippen molar-refractivity contribution in [3.05, 3.63) is 57.5 Å². The Labute approximate surface area is 168 Å². The van der Waals surface area contributed by atoms with E-state index in [1.807, 2.05) is 0 Å². The molecule has 1 heterocycles. The molecule has 2 aromatic carbocycles. The number of hydrogen-bond acceptors (Lipinski definition) is 5. The first-order valence-corrected chi connectivity index (χ1v) is 9.42. The molecule has 0 fully saturated rings. The molecular formula is C16H12Cl3N5OS. The number of nitrogens with one attached hydrogen (secondary N) is 1. The van der Waals surface area contributed by atoms with Crippen molar-refractivity contribution in [1.82, 2.24) is 20.2 Å². The van der Waals surface area contributed by atoms with Crippen molar-refractivity contribution in [2.75, 3.05) is 5.32 Å². The molecule has 0 bridgehead atoms. The number of hydrogen-bond donors (Lipinski definition) is 1. The quantitative estimate of drug-likeness (QED) is 0.594. The third kappa shape index (κ3) is 4.48. The van der Waals surface area contributed by atoms with Gasteiger partial charge in [-0.2, -0.15) is 4.68 Å². The first kappa shape index (κ1) is 19.0. The number of anilines is 1. The maximum atomic E-state index is 12.5. The van der Waals surface area contributed by atoms with Crippen molar-refractivity contribution < 1.29 is 4.79 Å². The molecule has 6 nitrogen and oxygen atoms in total. The highest BCUT2D eigenvalue weighted by Gasteiger charge is 2.20. The van der Waals surface area contributed by atoms with E-state index in [1.165, 1.54) is 16.4 Å². The number of carbonyl (C=O) groups is 1. The van der Waals surface area contributed by atoms with Gasteiger partial charge in [0.2, 0.25) is 11.1 Å². The molecular weight excluding hydrogens is 417 g/mol. The summed E-state index contributed by atoms with van der Waals surface area (Å²) in [5.41, 5.74) is 1.20. The van der Waals surface area contributed by atoms with Gasteiger partial charge < -0.3 is 5.32 Å². The summed E-state index contributed by atoms with van der Waals surface area (Å²) in [6, 6.07) is 11.9. The SMILES string of the molecule is CC(Sc1nnnn1-c1ccc(Cl)cc1)C(=O)Nc1cc(Cl)ccc1Cl. The summed E-state index contributed by atoms with van der Waals surface area (Å²) in [6.45, 7) is 1.75. The van der Waals surface area contributed by atoms with Crippen LogP contribution < -0.4 is 5.32 Å². The van der Waals surface area contributed by atoms with E-state index < -0.39 is 5.25 Å². The van der Waals surface area contributed by atoms with Crippen molar-refractivity contribution in [3.8, 4) is 5.69 Å². The van der Waals surface area contributed by atoms with Crippen LogP contribution in [0, 0.1) is 0 Å². The summed E-state index contributed by atoms with van der Waals surface area (Å²) in [5, 5.41) is 15.9. The van der Waals surface area contributed by atoms with E-state index in [4.69, 9.17) is 34.8 Å². The topological polar surface area (TPSA) is 72.7 Å². The molecule has 0 radical (unpaired) electrons. The van der Waals surface area contributed by atoms with Crippen LogP contribution in [-0.2, 0) is 4.79 Å². The van der Waals surface area contributed by atoms with Gasteiger partial charge in [0.25, 0.3) is 0 Å². The number of tetrazole rings is 1. The summed E-state index contributed by atoms with van der Waals surface area (Å²) in [5.74, 6) is -0.246. The number of rotatable bonds is 5. The fraction of sp³-hybridized carbons (Fsp3) is 0.125. The minimum absolute atomic E-state index is 0.246. The van der Waals surface area contributed by atoms with Crippen LogP contribution in [0.2, 0.25) is 15.1 Å². The molecule has 1 atom stereocenters. The molecule has 1 N–H and O–H groups in total. The molecule has 1 amide bonds. The van der Waals surface area contributed by atoms with Gasteiger partial charge in [-0.05, 0) is 59.8 Å². The van der Waals surface area contributed by atoms with Crippen molar-refractivity contribution in [1.29, 1.82) is 0 Å². The van der Waals surface area contributed by atoms with Gasteiger partial charge in [0.15, 0.2) is 0 Å². The lowest BCUT2D eigenvalue weighted by molar-refractivity contribution is -0.115. The first-order chi connectivity index (χ1) is 12.4. The van der Waals surface area contributed by atoms with Crippen LogP contribution in [0.1, 0.15) is 6.92 Å². The lowest BCUT2D eigenvalue weighted by Crippen LogP contribution is -2.23. The molecule has 3 aromatic rings. The molecule has 0 aliphatic rings. The fourth-order valence-electron chi connectivity index (χ4n) is 2.04. The molecule has 10 heteroatoms. The monoisotopic (exact) mass is 427 g/mol. The van der Waals surface area contributed by atoms with Crippen LogP contribution in [0.25, 0.3) is 5.69 Å². The molecule has 0 saturated heterocycles. The Morgan fingerprint density at radius 1 is 1.12 bits per heavy atom. The molecule has 0 aliphatic heterocycles. The highest BCUT2D eigenvalue weighted by molar-refractivity contribution is 8.00. The zero-order valence-corrected chi connectivity index (χ0v) is 16.4. The van der Waals surface area contributed by atoms with Gasteiger partial charge in [-0.15, -0.1) is 5.10 Å². The summed E-state index contributed by atoms with van der Waals surface area (Å²) < 4.78 is 1.54. The predicted octanol–water partition coefficient (Wildman–Crippen LogP) is 4.74. The van der Waals surface area contributed by atoms with Crippen LogP contribution in [0.5, 0.6) is 0 Å². The van der Waals surface area contributed by atoms with Gasteiger partial charge in [0.1, 0.15) is 0 Å². The third-order valence-electron chi connectivity index (χ3n) is 3.35. The number of aromatic nitrogens is 4. The number of thioether (sulfide) groups is 1. The van der Waals surface area contributed by atoms with Crippen LogP contribution in [0.3, 0.4) is 0 Å². The van der Waals surface area contributed by atoms with Gasteiger partial charge in [0.05, 0.1) is 21.6 Å². The Kier molecular flexibility index (Phi) is 6.03. The Balaban J connectivity index is 1.73. The van der Waals surface area contributed by atoms with E-state index in [0.29, 0.717) is 25.9 Å². The van der Waals surface area contributed by atoms with Crippen molar-refractivity contribution in [2.24, 2.45) is 0 Å². The van der Waals surface area contributed by atoms with Gasteiger partial charge in [-0.3, -0.25) is 4.79 Å². The van der Waals surface area contributed by atoms with Gasteiger partial charge in [-0.1, -0.05) is 46.6 Å². The summed E-state index contributed by atoms with van der Waals surface area (Å²) >= 11 is 19.1. The predicted molar refractivity (Wildman–Crippen MR) is 105 cm³/mol. The number of benzene rings is 2. The van der Waals surface area contributed by atoms with Crippen LogP contribution in [0.15, 0.2) is 47.6 Å². The van der Waals surface area contributed by atoms with Gasteiger partial charge in [-0.25, -0.2) is 0 Å².